The SMILES string of the molecule is COC(=O)CCCC(=O)c1ccccc1Br. The second kappa shape index (κ2) is 6.43. The number of ether oxygens (including phenoxy) is 1. The summed E-state index contributed by atoms with van der Waals surface area (Å²) in [5, 5.41) is 0. The van der Waals surface area contributed by atoms with Gasteiger partial charge in [0.1, 0.15) is 0 Å². The molecule has 0 aliphatic rings. The van der Waals surface area contributed by atoms with Crippen LogP contribution in [0.5, 0.6) is 0 Å². The summed E-state index contributed by atoms with van der Waals surface area (Å²) >= 11 is 3.32. The molecule has 0 unspecified atom stereocenters. The minimum atomic E-state index is -0.278. The summed E-state index contributed by atoms with van der Waals surface area (Å²) in [6.07, 6.45) is 1.16. The Balaban J connectivity index is 2.47. The van der Waals surface area contributed by atoms with Gasteiger partial charge in [0, 0.05) is 22.9 Å². The molecule has 0 bridgehead atoms. The number of hydrogen-bond donors (Lipinski definition) is 0. The summed E-state index contributed by atoms with van der Waals surface area (Å²) in [5.41, 5.74) is 0.660. The van der Waals surface area contributed by atoms with Crippen LogP contribution >= 0.6 is 15.9 Å². The molecule has 0 aliphatic carbocycles. The molecule has 0 saturated heterocycles. The molecule has 0 radical (unpaired) electrons. The molecule has 1 aromatic rings. The van der Waals surface area contributed by atoms with Crippen molar-refractivity contribution >= 4 is 27.7 Å². The van der Waals surface area contributed by atoms with E-state index in [1.54, 1.807) is 6.07 Å². The van der Waals surface area contributed by atoms with Gasteiger partial charge in [0.05, 0.1) is 7.11 Å². The lowest BCUT2D eigenvalue weighted by Crippen LogP contribution is -2.04. The maximum absolute atomic E-state index is 11.8. The summed E-state index contributed by atoms with van der Waals surface area (Å²) in [6.45, 7) is 0. The second-order valence-electron chi connectivity index (χ2n) is 3.33. The first kappa shape index (κ1) is 12.9. The van der Waals surface area contributed by atoms with Crippen LogP contribution in [0.2, 0.25) is 0 Å². The highest BCUT2D eigenvalue weighted by atomic mass is 79.9. The van der Waals surface area contributed by atoms with E-state index in [0.29, 0.717) is 18.4 Å². The molecular weight excluding hydrogens is 272 g/mol. The summed E-state index contributed by atoms with van der Waals surface area (Å²) in [7, 11) is 1.35. The molecule has 1 aromatic carbocycles. The van der Waals surface area contributed by atoms with Gasteiger partial charge < -0.3 is 4.74 Å². The molecule has 4 heteroatoms. The molecule has 0 spiro atoms. The Morgan fingerprint density at radius 1 is 1.25 bits per heavy atom. The molecule has 0 saturated carbocycles. The average Bonchev–Trinajstić information content (AvgIpc) is 2.29. The number of halogens is 1. The molecule has 0 heterocycles. The fourth-order valence-electron chi connectivity index (χ4n) is 1.32. The van der Waals surface area contributed by atoms with Gasteiger partial charge in [0.2, 0.25) is 0 Å². The van der Waals surface area contributed by atoms with Crippen LogP contribution in [0.3, 0.4) is 0 Å². The van der Waals surface area contributed by atoms with Crippen molar-refractivity contribution in [3.63, 3.8) is 0 Å². The Morgan fingerprint density at radius 3 is 2.56 bits per heavy atom. The average molecular weight is 285 g/mol. The number of carbonyl (C=O) groups is 2. The van der Waals surface area contributed by atoms with Crippen molar-refractivity contribution in [3.05, 3.63) is 34.3 Å². The highest BCUT2D eigenvalue weighted by molar-refractivity contribution is 9.10. The molecule has 1 rings (SSSR count). The number of methoxy groups -OCH3 is 1. The standard InChI is InChI=1S/C12H13BrO3/c1-16-12(15)8-4-7-11(14)9-5-2-3-6-10(9)13/h2-3,5-6H,4,7-8H2,1H3. The van der Waals surface area contributed by atoms with Crippen molar-refractivity contribution in [2.24, 2.45) is 0 Å². The van der Waals surface area contributed by atoms with Crippen molar-refractivity contribution in [1.29, 1.82) is 0 Å². The van der Waals surface area contributed by atoms with Crippen LogP contribution in [0.25, 0.3) is 0 Å². The normalized spacial score (nSPS) is 9.88. The number of carbonyl (C=O) groups excluding carboxylic acids is 2. The molecule has 0 amide bonds. The first-order valence-corrected chi connectivity index (χ1v) is 5.79. The molecule has 0 fully saturated rings. The lowest BCUT2D eigenvalue weighted by atomic mass is 10.1. The third-order valence-corrected chi connectivity index (χ3v) is 2.88. The Kier molecular flexibility index (Phi) is 5.19. The van der Waals surface area contributed by atoms with E-state index in [2.05, 4.69) is 20.7 Å². The fourth-order valence-corrected chi connectivity index (χ4v) is 1.82. The van der Waals surface area contributed by atoms with E-state index in [-0.39, 0.29) is 18.2 Å². The smallest absolute Gasteiger partial charge is 0.305 e. The van der Waals surface area contributed by atoms with Gasteiger partial charge in [0.15, 0.2) is 5.78 Å². The van der Waals surface area contributed by atoms with E-state index in [1.807, 2.05) is 18.2 Å². The maximum Gasteiger partial charge on any atom is 0.305 e. The van der Waals surface area contributed by atoms with Crippen molar-refractivity contribution in [2.45, 2.75) is 19.3 Å². The molecule has 0 N–H and O–H groups in total. The van der Waals surface area contributed by atoms with Crippen molar-refractivity contribution in [1.82, 2.24) is 0 Å². The van der Waals surface area contributed by atoms with E-state index in [4.69, 9.17) is 0 Å². The van der Waals surface area contributed by atoms with Gasteiger partial charge in [-0.25, -0.2) is 0 Å². The minimum Gasteiger partial charge on any atom is -0.469 e. The monoisotopic (exact) mass is 284 g/mol. The molecule has 16 heavy (non-hydrogen) atoms. The summed E-state index contributed by atoms with van der Waals surface area (Å²) in [4.78, 5) is 22.6. The maximum atomic E-state index is 11.8. The Morgan fingerprint density at radius 2 is 1.94 bits per heavy atom. The Hall–Kier alpha value is -1.16. The number of ketones is 1. The molecule has 3 nitrogen and oxygen atoms in total. The molecule has 0 aromatic heterocycles. The van der Waals surface area contributed by atoms with Crippen LogP contribution in [-0.4, -0.2) is 18.9 Å². The van der Waals surface area contributed by atoms with Crippen LogP contribution in [0.1, 0.15) is 29.6 Å². The quantitative estimate of drug-likeness (QED) is 0.617. The van der Waals surface area contributed by atoms with Crippen molar-refractivity contribution in [3.8, 4) is 0 Å². The molecular formula is C12H13BrO3. The molecule has 0 atom stereocenters. The van der Waals surface area contributed by atoms with Crippen LogP contribution in [0, 0.1) is 0 Å². The molecule has 0 aliphatic heterocycles. The highest BCUT2D eigenvalue weighted by Crippen LogP contribution is 2.18. The van der Waals surface area contributed by atoms with E-state index in [9.17, 15) is 9.59 Å². The fraction of sp³-hybridized carbons (Fsp3) is 0.333. The van der Waals surface area contributed by atoms with E-state index in [1.165, 1.54) is 7.11 Å². The number of hydrogen-bond acceptors (Lipinski definition) is 3. The van der Waals surface area contributed by atoms with Crippen LogP contribution < -0.4 is 0 Å². The van der Waals surface area contributed by atoms with Gasteiger partial charge in [-0.1, -0.05) is 34.1 Å². The van der Waals surface area contributed by atoms with Crippen molar-refractivity contribution < 1.29 is 14.3 Å². The largest absolute Gasteiger partial charge is 0.469 e. The second-order valence-corrected chi connectivity index (χ2v) is 4.19. The van der Waals surface area contributed by atoms with Crippen molar-refractivity contribution in [2.75, 3.05) is 7.11 Å². The zero-order chi connectivity index (χ0) is 12.0. The summed E-state index contributed by atoms with van der Waals surface area (Å²) in [5.74, 6) is -0.240. The summed E-state index contributed by atoms with van der Waals surface area (Å²) in [6, 6.07) is 7.27. The van der Waals surface area contributed by atoms with Crippen LogP contribution in [0.4, 0.5) is 0 Å². The first-order valence-electron chi connectivity index (χ1n) is 4.99. The highest BCUT2D eigenvalue weighted by Gasteiger charge is 2.10. The number of benzene rings is 1. The topological polar surface area (TPSA) is 43.4 Å². The predicted molar refractivity (Wildman–Crippen MR) is 64.3 cm³/mol. The number of rotatable bonds is 5. The third kappa shape index (κ3) is 3.77. The number of esters is 1. The predicted octanol–water partition coefficient (Wildman–Crippen LogP) is 2.98. The summed E-state index contributed by atoms with van der Waals surface area (Å²) < 4.78 is 5.29. The zero-order valence-corrected chi connectivity index (χ0v) is 10.6. The van der Waals surface area contributed by atoms with Gasteiger partial charge in [0.25, 0.3) is 0 Å². The van der Waals surface area contributed by atoms with Gasteiger partial charge >= 0.3 is 5.97 Å². The minimum absolute atomic E-state index is 0.0383. The Labute approximate surface area is 103 Å². The van der Waals surface area contributed by atoms with E-state index in [0.717, 1.165) is 4.47 Å². The number of Topliss-reactive ketones (excluding diaryl/α,β-unsaturated/α-hetero) is 1. The van der Waals surface area contributed by atoms with Crippen LogP contribution in [0.15, 0.2) is 28.7 Å². The lowest BCUT2D eigenvalue weighted by molar-refractivity contribution is -0.140. The van der Waals surface area contributed by atoms with Gasteiger partial charge in [-0.3, -0.25) is 9.59 Å². The van der Waals surface area contributed by atoms with Gasteiger partial charge in [-0.05, 0) is 12.5 Å². The first-order chi connectivity index (χ1) is 7.65. The molecule has 86 valence electrons. The van der Waals surface area contributed by atoms with E-state index >= 15 is 0 Å². The zero-order valence-electron chi connectivity index (χ0n) is 9.03. The van der Waals surface area contributed by atoms with Crippen LogP contribution in [-0.2, 0) is 9.53 Å². The van der Waals surface area contributed by atoms with Gasteiger partial charge in [-0.2, -0.15) is 0 Å². The lowest BCUT2D eigenvalue weighted by Gasteiger charge is -2.02. The van der Waals surface area contributed by atoms with E-state index < -0.39 is 0 Å². The third-order valence-electron chi connectivity index (χ3n) is 2.19. The van der Waals surface area contributed by atoms with Gasteiger partial charge in [-0.15, -0.1) is 0 Å². The Bertz CT molecular complexity index is 388.